The van der Waals surface area contributed by atoms with Crippen molar-refractivity contribution >= 4 is 17.0 Å². The van der Waals surface area contributed by atoms with Crippen LogP contribution in [0.5, 0.6) is 0 Å². The normalized spacial score (nSPS) is 11.5. The first kappa shape index (κ1) is 20.7. The summed E-state index contributed by atoms with van der Waals surface area (Å²) in [6.07, 6.45) is -0.0620. The van der Waals surface area contributed by atoms with Crippen LogP contribution < -0.4 is 5.32 Å². The van der Waals surface area contributed by atoms with Crippen molar-refractivity contribution in [2.24, 2.45) is 0 Å². The predicted molar refractivity (Wildman–Crippen MR) is 111 cm³/mol. The van der Waals surface area contributed by atoms with Crippen LogP contribution in [0.25, 0.3) is 22.0 Å². The molecule has 3 rings (SSSR count). The van der Waals surface area contributed by atoms with Gasteiger partial charge in [-0.05, 0) is 50.1 Å². The van der Waals surface area contributed by atoms with Gasteiger partial charge >= 0.3 is 6.09 Å². The van der Waals surface area contributed by atoms with Crippen molar-refractivity contribution in [2.45, 2.75) is 39.4 Å². The van der Waals surface area contributed by atoms with Crippen molar-refractivity contribution in [1.82, 2.24) is 10.3 Å². The second-order valence-electron chi connectivity index (χ2n) is 7.78. The van der Waals surface area contributed by atoms with E-state index in [4.69, 9.17) is 9.72 Å². The summed E-state index contributed by atoms with van der Waals surface area (Å²) in [5.41, 5.74) is 3.00. The number of nitrogens with one attached hydrogen (secondary N) is 1. The monoisotopic (exact) mass is 396 g/mol. The van der Waals surface area contributed by atoms with Crippen molar-refractivity contribution in [3.63, 3.8) is 0 Å². The van der Waals surface area contributed by atoms with Gasteiger partial charge in [-0.25, -0.2) is 9.18 Å². The molecular formula is C23H25FN2O3. The number of fused-ring (bicyclic) bond motifs is 1. The van der Waals surface area contributed by atoms with Crippen LogP contribution in [0.3, 0.4) is 0 Å². The molecule has 0 spiro atoms. The van der Waals surface area contributed by atoms with Gasteiger partial charge in [-0.3, -0.25) is 4.98 Å². The Morgan fingerprint density at radius 1 is 1.17 bits per heavy atom. The van der Waals surface area contributed by atoms with Crippen LogP contribution in [0.4, 0.5) is 9.18 Å². The Morgan fingerprint density at radius 3 is 2.55 bits per heavy atom. The minimum atomic E-state index is -0.575. The van der Waals surface area contributed by atoms with E-state index in [1.165, 1.54) is 12.1 Å². The number of nitrogens with zero attached hydrogens (tertiary/aromatic N) is 1. The Bertz CT molecular complexity index is 1010. The summed E-state index contributed by atoms with van der Waals surface area (Å²) in [4.78, 5) is 16.6. The van der Waals surface area contributed by atoms with Gasteiger partial charge in [-0.1, -0.05) is 30.3 Å². The molecule has 0 aliphatic heterocycles. The Labute approximate surface area is 169 Å². The molecule has 0 saturated carbocycles. The highest BCUT2D eigenvalue weighted by Gasteiger charge is 2.18. The minimum Gasteiger partial charge on any atom is -0.444 e. The fraction of sp³-hybridized carbons (Fsp3) is 0.304. The Kier molecular flexibility index (Phi) is 6.13. The summed E-state index contributed by atoms with van der Waals surface area (Å²) in [7, 11) is 0. The zero-order chi connectivity index (χ0) is 21.0. The number of aliphatic hydroxyl groups excluding tert-OH is 1. The first-order valence-electron chi connectivity index (χ1n) is 9.52. The number of hydrogen-bond acceptors (Lipinski definition) is 4. The van der Waals surface area contributed by atoms with Crippen molar-refractivity contribution in [3.8, 4) is 11.1 Å². The molecule has 1 amide bonds. The van der Waals surface area contributed by atoms with E-state index in [9.17, 15) is 14.3 Å². The number of hydrogen-bond donors (Lipinski definition) is 2. The third-order valence-corrected chi connectivity index (χ3v) is 4.38. The average molecular weight is 396 g/mol. The summed E-state index contributed by atoms with van der Waals surface area (Å²) in [5, 5.41) is 13.4. The Balaban J connectivity index is 1.99. The molecule has 0 saturated heterocycles. The fourth-order valence-corrected chi connectivity index (χ4v) is 3.25. The lowest BCUT2D eigenvalue weighted by atomic mass is 9.93. The maximum atomic E-state index is 13.8. The average Bonchev–Trinajstić information content (AvgIpc) is 2.66. The number of alkyl carbamates (subject to hydrolysis) is 1. The van der Waals surface area contributed by atoms with E-state index >= 15 is 0 Å². The minimum absolute atomic E-state index is 0.251. The zero-order valence-electron chi connectivity index (χ0n) is 16.8. The standard InChI is InChI=1S/C23H25FN2O3/c1-23(2,3)29-22(28)25-12-11-20-21(15-7-5-4-6-8-15)18(14-27)17-13-16(24)9-10-19(17)26-20/h4-10,13,27H,11-12,14H2,1-3H3,(H,25,28). The third kappa shape index (κ3) is 5.09. The van der Waals surface area contributed by atoms with Crippen LogP contribution in [0.2, 0.25) is 0 Å². The van der Waals surface area contributed by atoms with E-state index in [0.717, 1.165) is 16.8 Å². The van der Waals surface area contributed by atoms with Crippen LogP contribution in [-0.4, -0.2) is 28.3 Å². The number of rotatable bonds is 5. The van der Waals surface area contributed by atoms with Crippen molar-refractivity contribution in [1.29, 1.82) is 0 Å². The summed E-state index contributed by atoms with van der Waals surface area (Å²) in [6.45, 7) is 5.48. The molecule has 29 heavy (non-hydrogen) atoms. The molecule has 5 nitrogen and oxygen atoms in total. The maximum absolute atomic E-state index is 13.8. The largest absolute Gasteiger partial charge is 0.444 e. The first-order chi connectivity index (χ1) is 13.8. The molecule has 0 fully saturated rings. The van der Waals surface area contributed by atoms with E-state index < -0.39 is 11.7 Å². The van der Waals surface area contributed by atoms with Gasteiger partial charge in [-0.2, -0.15) is 0 Å². The summed E-state index contributed by atoms with van der Waals surface area (Å²) in [5.74, 6) is -0.382. The zero-order valence-corrected chi connectivity index (χ0v) is 16.8. The van der Waals surface area contributed by atoms with Gasteiger partial charge in [-0.15, -0.1) is 0 Å². The number of carbonyl (C=O) groups excluding carboxylic acids is 1. The number of halogens is 1. The van der Waals surface area contributed by atoms with E-state index in [0.29, 0.717) is 29.4 Å². The number of aromatic nitrogens is 1. The molecule has 6 heteroatoms. The lowest BCUT2D eigenvalue weighted by molar-refractivity contribution is 0.0528. The molecule has 152 valence electrons. The Hall–Kier alpha value is -2.99. The summed E-state index contributed by atoms with van der Waals surface area (Å²) < 4.78 is 19.1. The van der Waals surface area contributed by atoms with Gasteiger partial charge in [0.2, 0.25) is 0 Å². The van der Waals surface area contributed by atoms with Gasteiger partial charge in [0.15, 0.2) is 0 Å². The van der Waals surface area contributed by atoms with E-state index in [-0.39, 0.29) is 12.4 Å². The summed E-state index contributed by atoms with van der Waals surface area (Å²) in [6, 6.07) is 13.9. The molecule has 2 aromatic carbocycles. The molecule has 0 unspecified atom stereocenters. The lowest BCUT2D eigenvalue weighted by Gasteiger charge is -2.20. The van der Waals surface area contributed by atoms with Crippen molar-refractivity contribution in [3.05, 3.63) is 65.6 Å². The van der Waals surface area contributed by atoms with Crippen molar-refractivity contribution in [2.75, 3.05) is 6.54 Å². The molecule has 0 atom stereocenters. The summed E-state index contributed by atoms with van der Waals surface area (Å²) >= 11 is 0. The highest BCUT2D eigenvalue weighted by molar-refractivity contribution is 5.90. The fourth-order valence-electron chi connectivity index (χ4n) is 3.25. The third-order valence-electron chi connectivity index (χ3n) is 4.38. The molecule has 0 aliphatic carbocycles. The van der Waals surface area contributed by atoms with Crippen LogP contribution >= 0.6 is 0 Å². The molecule has 1 aromatic heterocycles. The molecule has 1 heterocycles. The van der Waals surface area contributed by atoms with E-state index in [2.05, 4.69) is 5.32 Å². The molecule has 0 bridgehead atoms. The molecule has 0 aliphatic rings. The maximum Gasteiger partial charge on any atom is 0.407 e. The predicted octanol–water partition coefficient (Wildman–Crippen LogP) is 4.60. The number of amides is 1. The highest BCUT2D eigenvalue weighted by atomic mass is 19.1. The quantitative estimate of drug-likeness (QED) is 0.661. The SMILES string of the molecule is CC(C)(C)OC(=O)NCCc1nc2ccc(F)cc2c(CO)c1-c1ccccc1. The van der Waals surface area contributed by atoms with Gasteiger partial charge in [0.25, 0.3) is 0 Å². The van der Waals surface area contributed by atoms with Gasteiger partial charge in [0.05, 0.1) is 17.8 Å². The number of ether oxygens (including phenoxy) is 1. The van der Waals surface area contributed by atoms with Crippen LogP contribution in [0.1, 0.15) is 32.0 Å². The molecular weight excluding hydrogens is 371 g/mol. The van der Waals surface area contributed by atoms with Gasteiger partial charge in [0, 0.05) is 23.9 Å². The van der Waals surface area contributed by atoms with Crippen LogP contribution in [0, 0.1) is 5.82 Å². The van der Waals surface area contributed by atoms with Gasteiger partial charge < -0.3 is 15.2 Å². The number of carbonyl (C=O) groups is 1. The Morgan fingerprint density at radius 2 is 1.90 bits per heavy atom. The topological polar surface area (TPSA) is 71.5 Å². The first-order valence-corrected chi connectivity index (χ1v) is 9.52. The van der Waals surface area contributed by atoms with Crippen molar-refractivity contribution < 1.29 is 19.0 Å². The molecule has 2 N–H and O–H groups in total. The molecule has 3 aromatic rings. The van der Waals surface area contributed by atoms with Crippen LogP contribution in [-0.2, 0) is 17.8 Å². The highest BCUT2D eigenvalue weighted by Crippen LogP contribution is 2.33. The number of benzene rings is 2. The second-order valence-corrected chi connectivity index (χ2v) is 7.78. The molecule has 0 radical (unpaired) electrons. The smallest absolute Gasteiger partial charge is 0.407 e. The second kappa shape index (κ2) is 8.57. The number of aliphatic hydroxyl groups is 1. The van der Waals surface area contributed by atoms with Crippen LogP contribution in [0.15, 0.2) is 48.5 Å². The van der Waals surface area contributed by atoms with Gasteiger partial charge in [0.1, 0.15) is 11.4 Å². The van der Waals surface area contributed by atoms with E-state index in [1.54, 1.807) is 26.8 Å². The number of pyridine rings is 1. The lowest BCUT2D eigenvalue weighted by Crippen LogP contribution is -2.33. The van der Waals surface area contributed by atoms with E-state index in [1.807, 2.05) is 30.3 Å².